The maximum absolute atomic E-state index is 12.8. The Bertz CT molecular complexity index is 946. The van der Waals surface area contributed by atoms with Crippen LogP contribution >= 0.6 is 0 Å². The Morgan fingerprint density at radius 3 is 2.76 bits per heavy atom. The van der Waals surface area contributed by atoms with Crippen LogP contribution in [0.5, 0.6) is 5.75 Å². The SMILES string of the molecule is CC[C@@H]1CN2CC[C@@]34CCCC[C@@]3(Nc3cccc(OC)c34)[C@@H]2C[C@@H]1/C(=C\OC)C(=O)OC. The summed E-state index contributed by atoms with van der Waals surface area (Å²) in [4.78, 5) is 15.5. The van der Waals surface area contributed by atoms with Crippen molar-refractivity contribution in [3.63, 3.8) is 0 Å². The third kappa shape index (κ3) is 3.13. The molecular formula is C27H38N2O4. The van der Waals surface area contributed by atoms with E-state index < -0.39 is 0 Å². The van der Waals surface area contributed by atoms with Crippen molar-refractivity contribution in [2.45, 2.75) is 68.9 Å². The highest BCUT2D eigenvalue weighted by Gasteiger charge is 2.67. The van der Waals surface area contributed by atoms with E-state index in [4.69, 9.17) is 14.2 Å². The van der Waals surface area contributed by atoms with Crippen molar-refractivity contribution in [3.8, 4) is 5.75 Å². The molecule has 0 aromatic heterocycles. The van der Waals surface area contributed by atoms with Crippen LogP contribution in [0.15, 0.2) is 30.0 Å². The molecule has 5 rings (SSSR count). The first kappa shape index (κ1) is 22.6. The summed E-state index contributed by atoms with van der Waals surface area (Å²) in [6.07, 6.45) is 9.58. The molecule has 6 nitrogen and oxygen atoms in total. The molecule has 0 unspecified atom stereocenters. The lowest BCUT2D eigenvalue weighted by Crippen LogP contribution is -2.72. The zero-order valence-corrected chi connectivity index (χ0v) is 20.5. The van der Waals surface area contributed by atoms with Crippen LogP contribution in [-0.4, -0.2) is 56.9 Å². The molecule has 1 aromatic carbocycles. The van der Waals surface area contributed by atoms with Gasteiger partial charge in [0.1, 0.15) is 5.75 Å². The number of ether oxygens (including phenoxy) is 3. The minimum absolute atomic E-state index is 0.0360. The molecule has 0 spiro atoms. The Hall–Kier alpha value is -2.21. The second-order valence-electron chi connectivity index (χ2n) is 10.3. The van der Waals surface area contributed by atoms with Crippen molar-refractivity contribution in [3.05, 3.63) is 35.6 Å². The van der Waals surface area contributed by atoms with Gasteiger partial charge in [-0.3, -0.25) is 4.90 Å². The van der Waals surface area contributed by atoms with Crippen LogP contribution in [0.1, 0.15) is 57.4 Å². The van der Waals surface area contributed by atoms with Gasteiger partial charge in [0.05, 0.1) is 38.7 Å². The van der Waals surface area contributed by atoms with E-state index in [1.807, 2.05) is 0 Å². The van der Waals surface area contributed by atoms with Gasteiger partial charge in [-0.05, 0) is 56.2 Å². The molecule has 0 bridgehead atoms. The first-order valence-electron chi connectivity index (χ1n) is 12.6. The fourth-order valence-electron chi connectivity index (χ4n) is 7.96. The van der Waals surface area contributed by atoms with E-state index in [-0.39, 0.29) is 22.8 Å². The van der Waals surface area contributed by atoms with Gasteiger partial charge < -0.3 is 19.5 Å². The minimum atomic E-state index is -0.263. The molecule has 0 amide bonds. The molecule has 3 aliphatic heterocycles. The summed E-state index contributed by atoms with van der Waals surface area (Å²) in [5.41, 5.74) is 3.36. The highest BCUT2D eigenvalue weighted by Crippen LogP contribution is 2.64. The number of anilines is 1. The fraction of sp³-hybridized carbons (Fsp3) is 0.667. The van der Waals surface area contributed by atoms with Gasteiger partial charge in [-0.25, -0.2) is 4.79 Å². The highest BCUT2D eigenvalue weighted by molar-refractivity contribution is 5.88. The molecule has 0 radical (unpaired) electrons. The first-order chi connectivity index (χ1) is 16.0. The quantitative estimate of drug-likeness (QED) is 0.402. The van der Waals surface area contributed by atoms with E-state index in [0.717, 1.165) is 44.5 Å². The molecule has 2 saturated heterocycles. The number of esters is 1. The molecule has 1 aromatic rings. The van der Waals surface area contributed by atoms with Gasteiger partial charge in [0.2, 0.25) is 0 Å². The van der Waals surface area contributed by atoms with Gasteiger partial charge in [-0.15, -0.1) is 0 Å². The molecular weight excluding hydrogens is 416 g/mol. The summed E-state index contributed by atoms with van der Waals surface area (Å²) in [6.45, 7) is 4.34. The zero-order valence-electron chi connectivity index (χ0n) is 20.5. The smallest absolute Gasteiger partial charge is 0.337 e. The number of hydrogen-bond donors (Lipinski definition) is 1. The number of piperidine rings is 2. The lowest BCUT2D eigenvalue weighted by Gasteiger charge is -2.63. The lowest BCUT2D eigenvalue weighted by molar-refractivity contribution is -0.138. The van der Waals surface area contributed by atoms with Crippen LogP contribution in [0.2, 0.25) is 0 Å². The van der Waals surface area contributed by atoms with Crippen molar-refractivity contribution >= 4 is 11.7 Å². The van der Waals surface area contributed by atoms with E-state index in [9.17, 15) is 4.79 Å². The van der Waals surface area contributed by atoms with Crippen LogP contribution < -0.4 is 10.1 Å². The average Bonchev–Trinajstić information content (AvgIpc) is 3.18. The maximum atomic E-state index is 12.8. The number of benzene rings is 1. The second kappa shape index (κ2) is 8.53. The topological polar surface area (TPSA) is 60.0 Å². The summed E-state index contributed by atoms with van der Waals surface area (Å²) in [5.74, 6) is 1.29. The number of carbonyl (C=O) groups excluding carboxylic acids is 1. The third-order valence-electron chi connectivity index (χ3n) is 9.30. The van der Waals surface area contributed by atoms with Crippen molar-refractivity contribution in [1.82, 2.24) is 4.90 Å². The lowest BCUT2D eigenvalue weighted by atomic mass is 9.51. The predicted molar refractivity (Wildman–Crippen MR) is 128 cm³/mol. The van der Waals surface area contributed by atoms with E-state index >= 15 is 0 Å². The zero-order chi connectivity index (χ0) is 23.2. The summed E-state index contributed by atoms with van der Waals surface area (Å²) in [6, 6.07) is 6.81. The van der Waals surface area contributed by atoms with E-state index in [1.165, 1.54) is 37.6 Å². The molecule has 33 heavy (non-hydrogen) atoms. The van der Waals surface area contributed by atoms with Crippen LogP contribution in [0, 0.1) is 11.8 Å². The Morgan fingerprint density at radius 2 is 2.03 bits per heavy atom. The molecule has 5 atom stereocenters. The summed E-state index contributed by atoms with van der Waals surface area (Å²) < 4.78 is 16.5. The minimum Gasteiger partial charge on any atom is -0.504 e. The Labute approximate surface area is 197 Å². The van der Waals surface area contributed by atoms with Crippen LogP contribution in [0.25, 0.3) is 0 Å². The Balaban J connectivity index is 1.60. The molecule has 1 saturated carbocycles. The number of methoxy groups -OCH3 is 3. The molecule has 3 fully saturated rings. The normalized spacial score (nSPS) is 35.4. The van der Waals surface area contributed by atoms with E-state index in [2.05, 4.69) is 35.3 Å². The van der Waals surface area contributed by atoms with Gasteiger partial charge in [-0.2, -0.15) is 0 Å². The molecule has 4 aliphatic rings. The standard InChI is InChI=1S/C27H38N2O4/c1-5-18-16-29-14-13-26-11-6-7-12-27(26,28-21-9-8-10-22(32-3)24(21)26)23(29)15-19(18)20(17-31-2)25(30)33-4/h8-10,17-19,23,28H,5-7,11-16H2,1-4H3/b20-17+/t18-,19+,23+,26-,27-/m1/s1. The van der Waals surface area contributed by atoms with Gasteiger partial charge in [0, 0.05) is 29.3 Å². The largest absolute Gasteiger partial charge is 0.504 e. The van der Waals surface area contributed by atoms with Crippen molar-refractivity contribution in [2.24, 2.45) is 11.8 Å². The van der Waals surface area contributed by atoms with E-state index in [1.54, 1.807) is 20.5 Å². The fourth-order valence-corrected chi connectivity index (χ4v) is 7.96. The van der Waals surface area contributed by atoms with Crippen molar-refractivity contribution < 1.29 is 19.0 Å². The molecule has 180 valence electrons. The van der Waals surface area contributed by atoms with Gasteiger partial charge in [0.25, 0.3) is 0 Å². The molecule has 1 N–H and O–H groups in total. The predicted octanol–water partition coefficient (Wildman–Crippen LogP) is 4.50. The number of nitrogens with one attached hydrogen (secondary N) is 1. The number of carbonyl (C=O) groups is 1. The molecule has 3 heterocycles. The van der Waals surface area contributed by atoms with Gasteiger partial charge in [-0.1, -0.05) is 32.3 Å². The van der Waals surface area contributed by atoms with Crippen LogP contribution in [0.4, 0.5) is 5.69 Å². The first-order valence-corrected chi connectivity index (χ1v) is 12.6. The molecule has 6 heteroatoms. The van der Waals surface area contributed by atoms with Crippen molar-refractivity contribution in [1.29, 1.82) is 0 Å². The highest BCUT2D eigenvalue weighted by atomic mass is 16.5. The Morgan fingerprint density at radius 1 is 1.21 bits per heavy atom. The monoisotopic (exact) mass is 454 g/mol. The molecule has 1 aliphatic carbocycles. The second-order valence-corrected chi connectivity index (χ2v) is 10.3. The van der Waals surface area contributed by atoms with Crippen LogP contribution in [0.3, 0.4) is 0 Å². The van der Waals surface area contributed by atoms with Crippen LogP contribution in [-0.2, 0) is 19.7 Å². The number of hydrogen-bond acceptors (Lipinski definition) is 6. The van der Waals surface area contributed by atoms with E-state index in [0.29, 0.717) is 17.5 Å². The maximum Gasteiger partial charge on any atom is 0.337 e. The number of fused-ring (bicyclic) bond motifs is 2. The number of nitrogens with zero attached hydrogens (tertiary/aromatic N) is 1. The summed E-state index contributed by atoms with van der Waals surface area (Å²) in [5, 5.41) is 4.10. The Kier molecular flexibility index (Phi) is 5.84. The third-order valence-corrected chi connectivity index (χ3v) is 9.30. The summed E-state index contributed by atoms with van der Waals surface area (Å²) in [7, 11) is 4.88. The number of rotatable bonds is 5. The van der Waals surface area contributed by atoms with Gasteiger partial charge >= 0.3 is 5.97 Å². The average molecular weight is 455 g/mol. The van der Waals surface area contributed by atoms with Gasteiger partial charge in [0.15, 0.2) is 0 Å². The summed E-state index contributed by atoms with van der Waals surface area (Å²) >= 11 is 0. The van der Waals surface area contributed by atoms with Crippen molar-refractivity contribution in [2.75, 3.05) is 39.7 Å².